The molecule has 1 aliphatic rings. The summed E-state index contributed by atoms with van der Waals surface area (Å²) in [5.41, 5.74) is 3.18. The molecule has 0 N–H and O–H groups in total. The van der Waals surface area contributed by atoms with Crippen LogP contribution in [-0.2, 0) is 9.31 Å². The third kappa shape index (κ3) is 2.13. The van der Waals surface area contributed by atoms with E-state index in [2.05, 4.69) is 58.9 Å². The van der Waals surface area contributed by atoms with Crippen molar-refractivity contribution in [2.45, 2.75) is 45.8 Å². The standard InChI is InChI=1S/C19H21BO3/c1-12-9-10-13-14-7-6-8-15(17(14)21-16(13)11-12)20-22-18(2,3)19(4,5)23-20/h6-11H,1-5H3. The van der Waals surface area contributed by atoms with Crippen LogP contribution in [0.3, 0.4) is 0 Å². The van der Waals surface area contributed by atoms with E-state index < -0.39 is 7.12 Å². The Balaban J connectivity index is 1.90. The monoisotopic (exact) mass is 308 g/mol. The van der Waals surface area contributed by atoms with Crippen LogP contribution in [0.4, 0.5) is 0 Å². The van der Waals surface area contributed by atoms with E-state index in [-0.39, 0.29) is 11.2 Å². The van der Waals surface area contributed by atoms with Crippen molar-refractivity contribution in [2.75, 3.05) is 0 Å². The van der Waals surface area contributed by atoms with E-state index in [4.69, 9.17) is 13.7 Å². The lowest BCUT2D eigenvalue weighted by molar-refractivity contribution is 0.00578. The quantitative estimate of drug-likeness (QED) is 0.632. The van der Waals surface area contributed by atoms with Gasteiger partial charge in [-0.05, 0) is 46.2 Å². The van der Waals surface area contributed by atoms with Gasteiger partial charge in [0.05, 0.1) is 11.2 Å². The molecule has 0 amide bonds. The van der Waals surface area contributed by atoms with Gasteiger partial charge >= 0.3 is 7.12 Å². The van der Waals surface area contributed by atoms with Crippen LogP contribution in [0.5, 0.6) is 0 Å². The summed E-state index contributed by atoms with van der Waals surface area (Å²) in [5.74, 6) is 0. The van der Waals surface area contributed by atoms with Gasteiger partial charge in [-0.1, -0.05) is 30.3 Å². The molecule has 2 heterocycles. The van der Waals surface area contributed by atoms with Gasteiger partial charge in [-0.25, -0.2) is 0 Å². The van der Waals surface area contributed by atoms with Crippen molar-refractivity contribution in [2.24, 2.45) is 0 Å². The van der Waals surface area contributed by atoms with Crippen molar-refractivity contribution in [3.63, 3.8) is 0 Å². The van der Waals surface area contributed by atoms with Crippen LogP contribution >= 0.6 is 0 Å². The van der Waals surface area contributed by atoms with Crippen LogP contribution in [0.15, 0.2) is 40.8 Å². The highest BCUT2D eigenvalue weighted by Gasteiger charge is 2.52. The number of furan rings is 1. The smallest absolute Gasteiger partial charge is 0.456 e. The van der Waals surface area contributed by atoms with Crippen molar-refractivity contribution < 1.29 is 13.7 Å². The van der Waals surface area contributed by atoms with Crippen LogP contribution < -0.4 is 5.46 Å². The average Bonchev–Trinajstić information content (AvgIpc) is 2.92. The highest BCUT2D eigenvalue weighted by atomic mass is 16.7. The lowest BCUT2D eigenvalue weighted by Gasteiger charge is -2.32. The SMILES string of the molecule is Cc1ccc2c(c1)oc1c(B3OC(C)(C)C(C)(C)O3)cccc12. The Labute approximate surface area is 136 Å². The van der Waals surface area contributed by atoms with E-state index in [0.29, 0.717) is 0 Å². The van der Waals surface area contributed by atoms with Crippen molar-refractivity contribution in [3.05, 3.63) is 42.0 Å². The van der Waals surface area contributed by atoms with Gasteiger partial charge in [0, 0.05) is 16.2 Å². The van der Waals surface area contributed by atoms with Gasteiger partial charge in [0.1, 0.15) is 11.2 Å². The summed E-state index contributed by atoms with van der Waals surface area (Å²) in [7, 11) is -0.412. The van der Waals surface area contributed by atoms with Gasteiger partial charge in [0.25, 0.3) is 0 Å². The second-order valence-electron chi connectivity index (χ2n) is 7.41. The fourth-order valence-corrected chi connectivity index (χ4v) is 3.08. The van der Waals surface area contributed by atoms with Crippen LogP contribution in [0.25, 0.3) is 21.9 Å². The maximum absolute atomic E-state index is 6.20. The minimum atomic E-state index is -0.412. The molecule has 0 aliphatic carbocycles. The average molecular weight is 308 g/mol. The van der Waals surface area contributed by atoms with E-state index >= 15 is 0 Å². The van der Waals surface area contributed by atoms with Crippen LogP contribution in [-0.4, -0.2) is 18.3 Å². The summed E-state index contributed by atoms with van der Waals surface area (Å²) < 4.78 is 18.5. The number of hydrogen-bond donors (Lipinski definition) is 0. The normalized spacial score (nSPS) is 19.8. The van der Waals surface area contributed by atoms with Crippen LogP contribution in [0.1, 0.15) is 33.3 Å². The van der Waals surface area contributed by atoms with Crippen molar-refractivity contribution in [1.82, 2.24) is 0 Å². The molecule has 3 nitrogen and oxygen atoms in total. The molecule has 0 spiro atoms. The van der Waals surface area contributed by atoms with Crippen molar-refractivity contribution in [1.29, 1.82) is 0 Å². The molecule has 0 bridgehead atoms. The molecule has 1 aromatic heterocycles. The fraction of sp³-hybridized carbons (Fsp3) is 0.368. The summed E-state index contributed by atoms with van der Waals surface area (Å²) in [6, 6.07) is 12.5. The van der Waals surface area contributed by atoms with Crippen molar-refractivity contribution in [3.8, 4) is 0 Å². The third-order valence-corrected chi connectivity index (χ3v) is 5.19. The summed E-state index contributed by atoms with van der Waals surface area (Å²) in [5, 5.41) is 2.23. The molecule has 1 fully saturated rings. The number of rotatable bonds is 1. The largest absolute Gasteiger partial charge is 0.498 e. The maximum atomic E-state index is 6.20. The molecule has 0 saturated carbocycles. The maximum Gasteiger partial charge on any atom is 0.498 e. The van der Waals surface area contributed by atoms with E-state index in [1.54, 1.807) is 0 Å². The first-order valence-corrected chi connectivity index (χ1v) is 8.06. The summed E-state index contributed by atoms with van der Waals surface area (Å²) in [6.07, 6.45) is 0. The predicted molar refractivity (Wildman–Crippen MR) is 94.2 cm³/mol. The number of aryl methyl sites for hydroxylation is 1. The Kier molecular flexibility index (Phi) is 2.97. The van der Waals surface area contributed by atoms with E-state index in [9.17, 15) is 0 Å². The molecule has 4 heteroatoms. The molecule has 0 atom stereocenters. The van der Waals surface area contributed by atoms with Crippen LogP contribution in [0.2, 0.25) is 0 Å². The van der Waals surface area contributed by atoms with Crippen molar-refractivity contribution >= 4 is 34.5 Å². The zero-order valence-corrected chi connectivity index (χ0v) is 14.3. The Morgan fingerprint density at radius 2 is 1.57 bits per heavy atom. The first-order chi connectivity index (χ1) is 10.8. The molecular formula is C19H21BO3. The van der Waals surface area contributed by atoms with E-state index in [1.165, 1.54) is 5.56 Å². The van der Waals surface area contributed by atoms with E-state index in [0.717, 1.165) is 27.4 Å². The van der Waals surface area contributed by atoms with Gasteiger partial charge in [0.15, 0.2) is 0 Å². The van der Waals surface area contributed by atoms with Crippen LogP contribution in [0, 0.1) is 6.92 Å². The lowest BCUT2D eigenvalue weighted by atomic mass is 9.78. The fourth-order valence-electron chi connectivity index (χ4n) is 3.08. The van der Waals surface area contributed by atoms with E-state index in [1.807, 2.05) is 12.1 Å². The lowest BCUT2D eigenvalue weighted by Crippen LogP contribution is -2.41. The Hall–Kier alpha value is -1.78. The predicted octanol–water partition coefficient (Wildman–Crippen LogP) is 4.19. The molecule has 3 aromatic rings. The molecule has 0 radical (unpaired) electrons. The van der Waals surface area contributed by atoms with Gasteiger partial charge in [-0.15, -0.1) is 0 Å². The molecule has 1 saturated heterocycles. The third-order valence-electron chi connectivity index (χ3n) is 5.19. The second kappa shape index (κ2) is 4.62. The summed E-state index contributed by atoms with van der Waals surface area (Å²) >= 11 is 0. The number of para-hydroxylation sites is 1. The Bertz CT molecular complexity index is 892. The molecule has 23 heavy (non-hydrogen) atoms. The summed E-state index contributed by atoms with van der Waals surface area (Å²) in [4.78, 5) is 0. The zero-order chi connectivity index (χ0) is 16.4. The Morgan fingerprint density at radius 3 is 2.26 bits per heavy atom. The second-order valence-corrected chi connectivity index (χ2v) is 7.41. The van der Waals surface area contributed by atoms with Gasteiger partial charge in [-0.2, -0.15) is 0 Å². The number of hydrogen-bond acceptors (Lipinski definition) is 3. The minimum absolute atomic E-state index is 0.359. The number of fused-ring (bicyclic) bond motifs is 3. The zero-order valence-electron chi connectivity index (χ0n) is 14.3. The highest BCUT2D eigenvalue weighted by molar-refractivity contribution is 6.65. The molecule has 118 valence electrons. The minimum Gasteiger partial charge on any atom is -0.456 e. The molecule has 0 unspecified atom stereocenters. The molecule has 1 aliphatic heterocycles. The Morgan fingerprint density at radius 1 is 0.870 bits per heavy atom. The highest BCUT2D eigenvalue weighted by Crippen LogP contribution is 2.37. The summed E-state index contributed by atoms with van der Waals surface area (Å²) in [6.45, 7) is 10.3. The molecular weight excluding hydrogens is 287 g/mol. The van der Waals surface area contributed by atoms with Gasteiger partial charge in [-0.3, -0.25) is 0 Å². The first kappa shape index (κ1) is 14.8. The number of benzene rings is 2. The van der Waals surface area contributed by atoms with Gasteiger partial charge in [0.2, 0.25) is 0 Å². The topological polar surface area (TPSA) is 31.6 Å². The molecule has 4 rings (SSSR count). The van der Waals surface area contributed by atoms with Gasteiger partial charge < -0.3 is 13.7 Å². The first-order valence-electron chi connectivity index (χ1n) is 8.06. The molecule has 2 aromatic carbocycles.